The second-order valence-electron chi connectivity index (χ2n) is 9.97. The van der Waals surface area contributed by atoms with Gasteiger partial charge in [-0.05, 0) is 30.3 Å². The number of amides is 2. The summed E-state index contributed by atoms with van der Waals surface area (Å²) in [7, 11) is 3.27. The summed E-state index contributed by atoms with van der Waals surface area (Å²) in [5.41, 5.74) is 4.19. The number of para-hydroxylation sites is 1. The third kappa shape index (κ3) is 5.35. The number of hydrogen-bond acceptors (Lipinski definition) is 7. The number of methoxy groups -OCH3 is 2. The summed E-state index contributed by atoms with van der Waals surface area (Å²) in [6.45, 7) is 1.87. The number of aromatic nitrogens is 2. The summed E-state index contributed by atoms with van der Waals surface area (Å²) in [5, 5.41) is 4.86. The minimum absolute atomic E-state index is 0.0961. The maximum absolute atomic E-state index is 14.0. The van der Waals surface area contributed by atoms with E-state index in [2.05, 4.69) is 0 Å². The molecule has 0 unspecified atom stereocenters. The van der Waals surface area contributed by atoms with Gasteiger partial charge in [-0.3, -0.25) is 14.5 Å². The third-order valence-electron chi connectivity index (χ3n) is 7.53. The Bertz CT molecular complexity index is 1570. The molecular weight excluding hydrogens is 552 g/mol. The molecule has 6 rings (SSSR count). The minimum atomic E-state index is -0.286. The molecule has 0 bridgehead atoms. The minimum Gasteiger partial charge on any atom is -0.497 e. The lowest BCUT2D eigenvalue weighted by atomic mass is 9.99. The Morgan fingerprint density at radius 3 is 2.38 bits per heavy atom. The first-order valence-electron chi connectivity index (χ1n) is 13.8. The molecule has 1 fully saturated rings. The van der Waals surface area contributed by atoms with Crippen molar-refractivity contribution in [2.24, 2.45) is 0 Å². The molecule has 42 heavy (non-hydrogen) atoms. The summed E-state index contributed by atoms with van der Waals surface area (Å²) < 4.78 is 18.4. The molecule has 2 aliphatic heterocycles. The molecule has 10 heteroatoms. The first kappa shape index (κ1) is 27.9. The van der Waals surface area contributed by atoms with Crippen molar-refractivity contribution in [3.63, 3.8) is 0 Å². The van der Waals surface area contributed by atoms with Crippen LogP contribution >= 0.6 is 11.8 Å². The van der Waals surface area contributed by atoms with Crippen molar-refractivity contribution < 1.29 is 23.8 Å². The second-order valence-corrected chi connectivity index (χ2v) is 11.1. The summed E-state index contributed by atoms with van der Waals surface area (Å²) >= 11 is 1.52. The molecule has 3 heterocycles. The van der Waals surface area contributed by atoms with Crippen LogP contribution in [0.4, 0.5) is 5.82 Å². The van der Waals surface area contributed by atoms with Gasteiger partial charge in [0.2, 0.25) is 11.8 Å². The molecule has 3 aromatic carbocycles. The van der Waals surface area contributed by atoms with Crippen molar-refractivity contribution in [3.05, 3.63) is 90.0 Å². The van der Waals surface area contributed by atoms with Gasteiger partial charge in [-0.25, -0.2) is 4.68 Å². The number of rotatable bonds is 7. The number of carbonyl (C=O) groups is 2. The molecule has 0 saturated carbocycles. The van der Waals surface area contributed by atoms with Gasteiger partial charge in [0.25, 0.3) is 0 Å². The van der Waals surface area contributed by atoms with Crippen molar-refractivity contribution >= 4 is 29.4 Å². The lowest BCUT2D eigenvalue weighted by Crippen LogP contribution is -2.48. The predicted octanol–water partition coefficient (Wildman–Crippen LogP) is 4.58. The largest absolute Gasteiger partial charge is 0.497 e. The SMILES string of the molecule is COc1ccc(-n2nc(-c3ccccc3)c3c2N(CC(=O)N2CCOCC2)C(=O)CS[C@H]3c2ccccc2OC)cc1. The fourth-order valence-electron chi connectivity index (χ4n) is 5.41. The van der Waals surface area contributed by atoms with E-state index in [1.54, 1.807) is 28.7 Å². The quantitative estimate of drug-likeness (QED) is 0.314. The highest BCUT2D eigenvalue weighted by Gasteiger charge is 2.39. The maximum atomic E-state index is 14.0. The van der Waals surface area contributed by atoms with Crippen molar-refractivity contribution in [2.45, 2.75) is 5.25 Å². The van der Waals surface area contributed by atoms with Crippen molar-refractivity contribution in [2.75, 3.05) is 57.7 Å². The molecule has 9 nitrogen and oxygen atoms in total. The summed E-state index contributed by atoms with van der Waals surface area (Å²) in [5.74, 6) is 1.91. The summed E-state index contributed by atoms with van der Waals surface area (Å²) in [4.78, 5) is 30.9. The maximum Gasteiger partial charge on any atom is 0.242 e. The van der Waals surface area contributed by atoms with Crippen LogP contribution in [0.5, 0.6) is 11.5 Å². The van der Waals surface area contributed by atoms with Crippen LogP contribution in [0.1, 0.15) is 16.4 Å². The predicted molar refractivity (Wildman–Crippen MR) is 163 cm³/mol. The number of ether oxygens (including phenoxy) is 3. The van der Waals surface area contributed by atoms with E-state index in [9.17, 15) is 9.59 Å². The highest BCUT2D eigenvalue weighted by Crippen LogP contribution is 2.50. The van der Waals surface area contributed by atoms with Gasteiger partial charge < -0.3 is 19.1 Å². The monoisotopic (exact) mass is 584 g/mol. The van der Waals surface area contributed by atoms with Crippen molar-refractivity contribution in [1.29, 1.82) is 0 Å². The van der Waals surface area contributed by atoms with Gasteiger partial charge in [-0.1, -0.05) is 48.5 Å². The topological polar surface area (TPSA) is 86.1 Å². The Balaban J connectivity index is 1.59. The van der Waals surface area contributed by atoms with Crippen LogP contribution in [0.3, 0.4) is 0 Å². The number of morpholine rings is 1. The molecular formula is C32H32N4O5S. The van der Waals surface area contributed by atoms with Crippen LogP contribution in [-0.2, 0) is 14.3 Å². The van der Waals surface area contributed by atoms with E-state index in [1.165, 1.54) is 11.8 Å². The Morgan fingerprint density at radius 2 is 1.67 bits per heavy atom. The smallest absolute Gasteiger partial charge is 0.242 e. The van der Waals surface area contributed by atoms with E-state index in [1.807, 2.05) is 78.9 Å². The van der Waals surface area contributed by atoms with E-state index in [0.717, 1.165) is 33.8 Å². The number of thioether (sulfide) groups is 1. The highest BCUT2D eigenvalue weighted by molar-refractivity contribution is 8.00. The number of nitrogens with zero attached hydrogens (tertiary/aromatic N) is 4. The van der Waals surface area contributed by atoms with Crippen LogP contribution in [0.2, 0.25) is 0 Å². The molecule has 4 aromatic rings. The molecule has 0 radical (unpaired) electrons. The number of carbonyl (C=O) groups excluding carboxylic acids is 2. The first-order chi connectivity index (χ1) is 20.6. The lowest BCUT2D eigenvalue weighted by Gasteiger charge is -2.30. The van der Waals surface area contributed by atoms with E-state index in [0.29, 0.717) is 37.9 Å². The van der Waals surface area contributed by atoms with Crippen LogP contribution < -0.4 is 14.4 Å². The number of benzene rings is 3. The van der Waals surface area contributed by atoms with E-state index in [-0.39, 0.29) is 29.4 Å². The third-order valence-corrected chi connectivity index (χ3v) is 8.77. The zero-order chi connectivity index (χ0) is 29.1. The van der Waals surface area contributed by atoms with Crippen LogP contribution in [-0.4, -0.2) is 79.3 Å². The first-order valence-corrected chi connectivity index (χ1v) is 14.9. The fourth-order valence-corrected chi connectivity index (χ4v) is 6.63. The highest BCUT2D eigenvalue weighted by atomic mass is 32.2. The van der Waals surface area contributed by atoms with E-state index < -0.39 is 0 Å². The zero-order valence-electron chi connectivity index (χ0n) is 23.6. The summed E-state index contributed by atoms with van der Waals surface area (Å²) in [6.07, 6.45) is 0. The van der Waals surface area contributed by atoms with Crippen molar-refractivity contribution in [3.8, 4) is 28.4 Å². The van der Waals surface area contributed by atoms with Crippen LogP contribution in [0, 0.1) is 0 Å². The second kappa shape index (κ2) is 12.3. The van der Waals surface area contributed by atoms with Gasteiger partial charge in [0.1, 0.15) is 23.9 Å². The molecule has 1 atom stereocenters. The molecule has 1 saturated heterocycles. The van der Waals surface area contributed by atoms with Gasteiger partial charge in [-0.2, -0.15) is 5.10 Å². The average Bonchev–Trinajstić information content (AvgIpc) is 3.38. The molecule has 0 N–H and O–H groups in total. The van der Waals surface area contributed by atoms with Crippen LogP contribution in [0.25, 0.3) is 16.9 Å². The van der Waals surface area contributed by atoms with Crippen molar-refractivity contribution in [1.82, 2.24) is 14.7 Å². The fraction of sp³-hybridized carbons (Fsp3) is 0.281. The van der Waals surface area contributed by atoms with Gasteiger partial charge in [0.05, 0.1) is 49.8 Å². The molecule has 0 spiro atoms. The van der Waals surface area contributed by atoms with Crippen LogP contribution in [0.15, 0.2) is 78.9 Å². The summed E-state index contributed by atoms with van der Waals surface area (Å²) in [6, 6.07) is 25.3. The van der Waals surface area contributed by atoms with E-state index >= 15 is 0 Å². The number of hydrogen-bond donors (Lipinski definition) is 0. The molecule has 216 valence electrons. The average molecular weight is 585 g/mol. The molecule has 2 aliphatic rings. The lowest BCUT2D eigenvalue weighted by molar-refractivity contribution is -0.134. The van der Waals surface area contributed by atoms with Gasteiger partial charge in [0, 0.05) is 29.8 Å². The zero-order valence-corrected chi connectivity index (χ0v) is 24.4. The molecule has 2 amide bonds. The molecule has 1 aromatic heterocycles. The number of anilines is 1. The normalized spacial score (nSPS) is 17.0. The van der Waals surface area contributed by atoms with E-state index in [4.69, 9.17) is 19.3 Å². The Labute approximate surface area is 249 Å². The Morgan fingerprint density at radius 1 is 0.952 bits per heavy atom. The van der Waals surface area contributed by atoms with Gasteiger partial charge >= 0.3 is 0 Å². The molecule has 0 aliphatic carbocycles. The standard InChI is InChI=1S/C32H32N4O5S/c1-39-24-14-12-23(13-15-24)36-32-29(30(33-36)22-8-4-3-5-9-22)31(25-10-6-7-11-26(25)40-2)42-21-28(38)35(32)20-27(37)34-16-18-41-19-17-34/h3-15,31H,16-21H2,1-2H3/t31-/m0/s1. The Hall–Kier alpha value is -4.28. The Kier molecular flexibility index (Phi) is 8.16. The number of fused-ring (bicyclic) bond motifs is 1. The van der Waals surface area contributed by atoms with Gasteiger partial charge in [-0.15, -0.1) is 11.8 Å². The van der Waals surface area contributed by atoms with Gasteiger partial charge in [0.15, 0.2) is 0 Å².